The van der Waals surface area contributed by atoms with E-state index in [2.05, 4.69) is 15.3 Å². The number of benzene rings is 1. The van der Waals surface area contributed by atoms with Crippen LogP contribution in [0.1, 0.15) is 5.56 Å². The van der Waals surface area contributed by atoms with Crippen LogP contribution in [0.4, 0.5) is 20.3 Å². The Labute approximate surface area is 101 Å². The molecule has 1 N–H and O–H groups in total. The van der Waals surface area contributed by atoms with Crippen LogP contribution in [0, 0.1) is 18.6 Å². The first kappa shape index (κ1) is 11.7. The lowest BCUT2D eigenvalue weighted by Gasteiger charge is -2.09. The minimum Gasteiger partial charge on any atom is -0.335 e. The monoisotopic (exact) mass is 255 g/mol. The van der Waals surface area contributed by atoms with E-state index in [1.807, 2.05) is 0 Å². The highest BCUT2D eigenvalue weighted by atomic mass is 35.5. The van der Waals surface area contributed by atoms with Gasteiger partial charge in [0, 0.05) is 6.20 Å². The number of aryl methyl sites for hydroxylation is 1. The van der Waals surface area contributed by atoms with Gasteiger partial charge >= 0.3 is 0 Å². The minimum atomic E-state index is -0.692. The van der Waals surface area contributed by atoms with Crippen LogP contribution in [0.5, 0.6) is 0 Å². The van der Waals surface area contributed by atoms with Gasteiger partial charge in [0.25, 0.3) is 0 Å². The fourth-order valence-electron chi connectivity index (χ4n) is 1.30. The van der Waals surface area contributed by atoms with Crippen LogP contribution in [0.15, 0.2) is 24.4 Å². The lowest BCUT2D eigenvalue weighted by molar-refractivity contribution is 0.584. The standard InChI is InChI=1S/C11H8ClF2N3/c1-6-2-3-7(13)10(9(6)14)16-8-4-5-15-11(12)17-8/h2-5H,1H3,(H,15,16,17). The van der Waals surface area contributed by atoms with Crippen molar-refractivity contribution < 1.29 is 8.78 Å². The van der Waals surface area contributed by atoms with Crippen molar-refractivity contribution in [3.63, 3.8) is 0 Å². The number of aromatic nitrogens is 2. The maximum absolute atomic E-state index is 13.7. The van der Waals surface area contributed by atoms with Crippen LogP contribution >= 0.6 is 11.6 Å². The van der Waals surface area contributed by atoms with Gasteiger partial charge in [-0.2, -0.15) is 0 Å². The van der Waals surface area contributed by atoms with Gasteiger partial charge in [0.2, 0.25) is 5.28 Å². The van der Waals surface area contributed by atoms with Crippen molar-refractivity contribution in [2.45, 2.75) is 6.92 Å². The Morgan fingerprint density at radius 3 is 2.71 bits per heavy atom. The maximum atomic E-state index is 13.7. The number of hydrogen-bond acceptors (Lipinski definition) is 3. The molecule has 17 heavy (non-hydrogen) atoms. The maximum Gasteiger partial charge on any atom is 0.224 e. The average Bonchev–Trinajstić information content (AvgIpc) is 2.30. The van der Waals surface area contributed by atoms with Crippen LogP contribution < -0.4 is 5.32 Å². The van der Waals surface area contributed by atoms with Gasteiger partial charge < -0.3 is 5.32 Å². The molecular weight excluding hydrogens is 248 g/mol. The second-order valence-electron chi connectivity index (χ2n) is 3.39. The van der Waals surface area contributed by atoms with Crippen molar-refractivity contribution in [2.75, 3.05) is 5.32 Å². The molecule has 1 heterocycles. The smallest absolute Gasteiger partial charge is 0.224 e. The zero-order valence-corrected chi connectivity index (χ0v) is 9.59. The Morgan fingerprint density at radius 2 is 2.00 bits per heavy atom. The van der Waals surface area contributed by atoms with Crippen molar-refractivity contribution in [2.24, 2.45) is 0 Å². The van der Waals surface area contributed by atoms with Crippen LogP contribution in [0.25, 0.3) is 0 Å². The number of nitrogens with zero attached hydrogens (tertiary/aromatic N) is 2. The van der Waals surface area contributed by atoms with Gasteiger partial charge in [-0.1, -0.05) is 6.07 Å². The summed E-state index contributed by atoms with van der Waals surface area (Å²) in [4.78, 5) is 7.46. The third kappa shape index (κ3) is 2.50. The largest absolute Gasteiger partial charge is 0.335 e. The van der Waals surface area contributed by atoms with Crippen LogP contribution in [-0.4, -0.2) is 9.97 Å². The molecule has 2 rings (SSSR count). The molecule has 0 amide bonds. The highest BCUT2D eigenvalue weighted by molar-refractivity contribution is 6.28. The Kier molecular flexibility index (Phi) is 3.19. The topological polar surface area (TPSA) is 37.8 Å². The summed E-state index contributed by atoms with van der Waals surface area (Å²) in [6, 6.07) is 4.01. The van der Waals surface area contributed by atoms with E-state index in [-0.39, 0.29) is 16.8 Å². The van der Waals surface area contributed by atoms with E-state index in [1.54, 1.807) is 6.92 Å². The molecular formula is C11H8ClF2N3. The molecule has 1 aromatic heterocycles. The first-order chi connectivity index (χ1) is 8.08. The van der Waals surface area contributed by atoms with E-state index in [0.717, 1.165) is 0 Å². The molecule has 2 aromatic rings. The molecule has 0 aliphatic rings. The fraction of sp³-hybridized carbons (Fsp3) is 0.0909. The molecule has 0 bridgehead atoms. The van der Waals surface area contributed by atoms with Crippen molar-refractivity contribution in [3.8, 4) is 0 Å². The van der Waals surface area contributed by atoms with Crippen molar-refractivity contribution in [3.05, 3.63) is 46.9 Å². The molecule has 0 fully saturated rings. The summed E-state index contributed by atoms with van der Waals surface area (Å²) >= 11 is 5.57. The molecule has 0 aliphatic heterocycles. The molecule has 1 aromatic carbocycles. The summed E-state index contributed by atoms with van der Waals surface area (Å²) in [5.41, 5.74) is 0.0915. The summed E-state index contributed by atoms with van der Waals surface area (Å²) in [5.74, 6) is -1.11. The van der Waals surface area contributed by atoms with E-state index in [0.29, 0.717) is 5.56 Å². The van der Waals surface area contributed by atoms with Crippen molar-refractivity contribution in [1.29, 1.82) is 0 Å². The number of halogens is 3. The Hall–Kier alpha value is -1.75. The molecule has 6 heteroatoms. The first-order valence-electron chi connectivity index (χ1n) is 4.78. The van der Waals surface area contributed by atoms with E-state index < -0.39 is 11.6 Å². The van der Waals surface area contributed by atoms with Gasteiger partial charge in [-0.25, -0.2) is 18.7 Å². The molecule has 3 nitrogen and oxygen atoms in total. The summed E-state index contributed by atoms with van der Waals surface area (Å²) < 4.78 is 27.1. The second kappa shape index (κ2) is 4.63. The van der Waals surface area contributed by atoms with Gasteiger partial charge in [0.15, 0.2) is 5.82 Å². The van der Waals surface area contributed by atoms with Gasteiger partial charge in [-0.05, 0) is 36.2 Å². The first-order valence-corrected chi connectivity index (χ1v) is 5.16. The summed E-state index contributed by atoms with van der Waals surface area (Å²) in [7, 11) is 0. The summed E-state index contributed by atoms with van der Waals surface area (Å²) in [6.07, 6.45) is 1.39. The minimum absolute atomic E-state index is 0.00321. The highest BCUT2D eigenvalue weighted by Crippen LogP contribution is 2.24. The lowest BCUT2D eigenvalue weighted by Crippen LogP contribution is -2.01. The Bertz CT molecular complexity index is 560. The zero-order valence-electron chi connectivity index (χ0n) is 8.84. The highest BCUT2D eigenvalue weighted by Gasteiger charge is 2.12. The van der Waals surface area contributed by atoms with E-state index in [1.165, 1.54) is 24.4 Å². The zero-order chi connectivity index (χ0) is 12.4. The molecule has 0 unspecified atom stereocenters. The molecule has 0 saturated carbocycles. The third-order valence-corrected chi connectivity index (χ3v) is 2.35. The fourth-order valence-corrected chi connectivity index (χ4v) is 1.45. The molecule has 88 valence electrons. The third-order valence-electron chi connectivity index (χ3n) is 2.16. The van der Waals surface area contributed by atoms with Crippen molar-refractivity contribution in [1.82, 2.24) is 9.97 Å². The van der Waals surface area contributed by atoms with Gasteiger partial charge in [-0.15, -0.1) is 0 Å². The second-order valence-corrected chi connectivity index (χ2v) is 3.73. The average molecular weight is 256 g/mol. The molecule has 0 saturated heterocycles. The quantitative estimate of drug-likeness (QED) is 0.835. The van der Waals surface area contributed by atoms with Crippen LogP contribution in [-0.2, 0) is 0 Å². The van der Waals surface area contributed by atoms with Gasteiger partial charge in [0.1, 0.15) is 17.3 Å². The number of nitrogens with one attached hydrogen (secondary N) is 1. The van der Waals surface area contributed by atoms with Crippen molar-refractivity contribution >= 4 is 23.1 Å². The Balaban J connectivity index is 2.39. The van der Waals surface area contributed by atoms with Crippen LogP contribution in [0.2, 0.25) is 5.28 Å². The van der Waals surface area contributed by atoms with Gasteiger partial charge in [0.05, 0.1) is 0 Å². The lowest BCUT2D eigenvalue weighted by atomic mass is 10.2. The van der Waals surface area contributed by atoms with E-state index in [9.17, 15) is 8.78 Å². The number of hydrogen-bond donors (Lipinski definition) is 1. The predicted octanol–water partition coefficient (Wildman–Crippen LogP) is 3.46. The van der Waals surface area contributed by atoms with E-state index >= 15 is 0 Å². The molecule has 0 aliphatic carbocycles. The predicted molar refractivity (Wildman–Crippen MR) is 61.4 cm³/mol. The normalized spacial score (nSPS) is 10.4. The summed E-state index contributed by atoms with van der Waals surface area (Å²) in [5, 5.41) is 2.54. The molecule has 0 atom stereocenters. The summed E-state index contributed by atoms with van der Waals surface area (Å²) in [6.45, 7) is 1.55. The number of rotatable bonds is 2. The SMILES string of the molecule is Cc1ccc(F)c(Nc2ccnc(Cl)n2)c1F. The number of anilines is 2. The van der Waals surface area contributed by atoms with Crippen LogP contribution in [0.3, 0.4) is 0 Å². The molecule has 0 spiro atoms. The van der Waals surface area contributed by atoms with E-state index in [4.69, 9.17) is 11.6 Å². The Morgan fingerprint density at radius 1 is 1.24 bits per heavy atom. The molecule has 0 radical (unpaired) electrons. The van der Waals surface area contributed by atoms with Gasteiger partial charge in [-0.3, -0.25) is 0 Å².